The van der Waals surface area contributed by atoms with Crippen molar-refractivity contribution in [3.05, 3.63) is 107 Å². The van der Waals surface area contributed by atoms with Crippen LogP contribution in [0, 0.1) is 5.92 Å². The molecule has 0 saturated carbocycles. The molecule has 0 aliphatic heterocycles. The fourth-order valence-corrected chi connectivity index (χ4v) is 4.79. The van der Waals surface area contributed by atoms with Gasteiger partial charge in [0.1, 0.15) is 0 Å². The van der Waals surface area contributed by atoms with Crippen LogP contribution in [0.3, 0.4) is 0 Å². The molecule has 1 unspecified atom stereocenters. The molecule has 1 aromatic heterocycles. The summed E-state index contributed by atoms with van der Waals surface area (Å²) in [6, 6.07) is 30.4. The molecule has 0 N–H and O–H groups in total. The first-order valence-corrected chi connectivity index (χ1v) is 11.0. The van der Waals surface area contributed by atoms with Crippen LogP contribution in [0.1, 0.15) is 48.7 Å². The number of rotatable bonds is 4. The second kappa shape index (κ2) is 7.95. The Morgan fingerprint density at radius 2 is 1.57 bits per heavy atom. The zero-order chi connectivity index (χ0) is 20.5. The van der Waals surface area contributed by atoms with Crippen LogP contribution in [-0.2, 0) is 13.0 Å². The molecule has 0 radical (unpaired) electrons. The second-order valence-electron chi connectivity index (χ2n) is 8.45. The molecule has 1 aliphatic rings. The van der Waals surface area contributed by atoms with Crippen molar-refractivity contribution in [3.8, 4) is 0 Å². The predicted octanol–water partition coefficient (Wildman–Crippen LogP) is 6.82. The quantitative estimate of drug-likeness (QED) is 0.362. The minimum Gasteiger partial charge on any atom is -0.339 e. The smallest absolute Gasteiger partial charge is 0.0724 e. The summed E-state index contributed by atoms with van der Waals surface area (Å²) in [4.78, 5) is 5.30. The molecule has 3 aromatic carbocycles. The second-order valence-corrected chi connectivity index (χ2v) is 8.45. The molecular weight excluding hydrogens is 364 g/mol. The van der Waals surface area contributed by atoms with Gasteiger partial charge in [0.15, 0.2) is 0 Å². The van der Waals surface area contributed by atoms with Crippen molar-refractivity contribution < 1.29 is 0 Å². The third-order valence-corrected chi connectivity index (χ3v) is 6.41. The van der Waals surface area contributed by atoms with Gasteiger partial charge >= 0.3 is 0 Å². The van der Waals surface area contributed by atoms with E-state index in [1.54, 1.807) is 0 Å². The van der Waals surface area contributed by atoms with Crippen molar-refractivity contribution >= 4 is 16.6 Å². The van der Waals surface area contributed by atoms with Gasteiger partial charge < -0.3 is 4.57 Å². The molecule has 150 valence electrons. The highest BCUT2D eigenvalue weighted by Gasteiger charge is 2.29. The van der Waals surface area contributed by atoms with Crippen molar-refractivity contribution in [3.63, 3.8) is 0 Å². The number of hydrogen-bond donors (Lipinski definition) is 0. The average Bonchev–Trinajstić information content (AvgIpc) is 3.11. The Hall–Kier alpha value is -3.13. The molecule has 0 saturated heterocycles. The van der Waals surface area contributed by atoms with Gasteiger partial charge in [-0.25, -0.2) is 0 Å². The number of aromatic nitrogens is 1. The van der Waals surface area contributed by atoms with E-state index in [4.69, 9.17) is 4.99 Å². The maximum Gasteiger partial charge on any atom is 0.0724 e. The maximum atomic E-state index is 5.30. The minimum absolute atomic E-state index is 0.158. The summed E-state index contributed by atoms with van der Waals surface area (Å²) in [6.45, 7) is 5.46. The lowest BCUT2D eigenvalue weighted by Gasteiger charge is -2.25. The topological polar surface area (TPSA) is 17.3 Å². The van der Waals surface area contributed by atoms with Crippen molar-refractivity contribution in [1.29, 1.82) is 0 Å². The number of fused-ring (bicyclic) bond motifs is 3. The number of aliphatic imine (C=N–C) groups is 1. The molecule has 4 aromatic rings. The number of para-hydroxylation sites is 1. The van der Waals surface area contributed by atoms with Gasteiger partial charge in [-0.15, -0.1) is 0 Å². The third kappa shape index (κ3) is 3.37. The molecule has 0 fully saturated rings. The van der Waals surface area contributed by atoms with Crippen LogP contribution >= 0.6 is 0 Å². The fourth-order valence-electron chi connectivity index (χ4n) is 4.79. The lowest BCUT2D eigenvalue weighted by molar-refractivity contribution is 0.620. The van der Waals surface area contributed by atoms with Crippen molar-refractivity contribution in [2.45, 2.75) is 39.3 Å². The van der Waals surface area contributed by atoms with E-state index in [0.29, 0.717) is 5.92 Å². The highest BCUT2D eigenvalue weighted by Crippen LogP contribution is 2.36. The van der Waals surface area contributed by atoms with E-state index in [2.05, 4.69) is 103 Å². The van der Waals surface area contributed by atoms with Gasteiger partial charge in [-0.05, 0) is 42.9 Å². The van der Waals surface area contributed by atoms with Gasteiger partial charge in [-0.2, -0.15) is 0 Å². The Morgan fingerprint density at radius 3 is 2.33 bits per heavy atom. The predicted molar refractivity (Wildman–Crippen MR) is 126 cm³/mol. The summed E-state index contributed by atoms with van der Waals surface area (Å²) < 4.78 is 2.52. The molecule has 2 nitrogen and oxygen atoms in total. The molecule has 0 spiro atoms. The van der Waals surface area contributed by atoms with E-state index in [9.17, 15) is 0 Å². The molecular formula is C28H28N2. The van der Waals surface area contributed by atoms with Crippen LogP contribution in [-0.4, -0.2) is 10.3 Å². The minimum atomic E-state index is 0.158. The van der Waals surface area contributed by atoms with Crippen molar-refractivity contribution in [2.75, 3.05) is 0 Å². The van der Waals surface area contributed by atoms with Gasteiger partial charge in [0.2, 0.25) is 0 Å². The molecule has 30 heavy (non-hydrogen) atoms. The monoisotopic (exact) mass is 392 g/mol. The van der Waals surface area contributed by atoms with Gasteiger partial charge in [-0.1, -0.05) is 85.8 Å². The summed E-state index contributed by atoms with van der Waals surface area (Å²) in [5, 5.41) is 1.34. The highest BCUT2D eigenvalue weighted by molar-refractivity contribution is 6.14. The van der Waals surface area contributed by atoms with Crippen LogP contribution in [0.25, 0.3) is 10.9 Å². The summed E-state index contributed by atoms with van der Waals surface area (Å²) in [5.41, 5.74) is 8.03. The molecule has 0 amide bonds. The first-order chi connectivity index (χ1) is 14.7. The van der Waals surface area contributed by atoms with E-state index >= 15 is 0 Å². The molecule has 1 aliphatic carbocycles. The van der Waals surface area contributed by atoms with E-state index in [0.717, 1.165) is 19.4 Å². The van der Waals surface area contributed by atoms with Crippen LogP contribution < -0.4 is 0 Å². The van der Waals surface area contributed by atoms with Crippen LogP contribution in [0.4, 0.5) is 0 Å². The van der Waals surface area contributed by atoms with Crippen LogP contribution in [0.5, 0.6) is 0 Å². The Labute approximate surface area is 178 Å². The number of nitrogens with zero attached hydrogens (tertiary/aromatic N) is 2. The lowest BCUT2D eigenvalue weighted by Crippen LogP contribution is -2.23. The van der Waals surface area contributed by atoms with E-state index < -0.39 is 0 Å². The summed E-state index contributed by atoms with van der Waals surface area (Å²) in [5.74, 6) is 0.472. The third-order valence-electron chi connectivity index (χ3n) is 6.41. The zero-order valence-electron chi connectivity index (χ0n) is 17.8. The highest BCUT2D eigenvalue weighted by atomic mass is 15.0. The van der Waals surface area contributed by atoms with E-state index in [-0.39, 0.29) is 6.04 Å². The molecule has 5 rings (SSSR count). The standard InChI is InChI=1S/C28H28N2/c1-20-17-18-26-27(28(20)29-21(2)23-13-7-4-8-14-23)24-15-9-10-16-25(24)30(26)19-22-11-5-3-6-12-22/h3-16,20-21H,17-19H2,1-2H3/t20?,21-/m1/s1. The average molecular weight is 393 g/mol. The van der Waals surface area contributed by atoms with E-state index in [1.165, 1.54) is 39.0 Å². The Kier molecular flexibility index (Phi) is 5.00. The molecule has 2 atom stereocenters. The van der Waals surface area contributed by atoms with Gasteiger partial charge in [0, 0.05) is 34.4 Å². The lowest BCUT2D eigenvalue weighted by atomic mass is 9.85. The number of benzene rings is 3. The summed E-state index contributed by atoms with van der Waals surface area (Å²) in [7, 11) is 0. The summed E-state index contributed by atoms with van der Waals surface area (Å²) in [6.07, 6.45) is 2.26. The SMILES string of the molecule is CC1CCc2c(c3ccccc3n2Cc2ccccc2)C1=N[C@H](C)c1ccccc1. The Balaban J connectivity index is 1.66. The largest absolute Gasteiger partial charge is 0.339 e. The van der Waals surface area contributed by atoms with Gasteiger partial charge in [0.25, 0.3) is 0 Å². The van der Waals surface area contributed by atoms with Crippen molar-refractivity contribution in [1.82, 2.24) is 4.57 Å². The molecule has 0 bridgehead atoms. The first kappa shape index (κ1) is 18.9. The Bertz CT molecular complexity index is 1190. The van der Waals surface area contributed by atoms with Crippen molar-refractivity contribution in [2.24, 2.45) is 10.9 Å². The normalized spacial score (nSPS) is 18.5. The van der Waals surface area contributed by atoms with Gasteiger partial charge in [-0.3, -0.25) is 4.99 Å². The summed E-state index contributed by atoms with van der Waals surface area (Å²) >= 11 is 0. The van der Waals surface area contributed by atoms with Crippen LogP contribution in [0.15, 0.2) is 89.9 Å². The molecule has 1 heterocycles. The number of hydrogen-bond acceptors (Lipinski definition) is 1. The van der Waals surface area contributed by atoms with E-state index in [1.807, 2.05) is 0 Å². The Morgan fingerprint density at radius 1 is 0.900 bits per heavy atom. The maximum absolute atomic E-state index is 5.30. The first-order valence-electron chi connectivity index (χ1n) is 11.0. The molecule has 2 heteroatoms. The van der Waals surface area contributed by atoms with Crippen LogP contribution in [0.2, 0.25) is 0 Å². The fraction of sp³-hybridized carbons (Fsp3) is 0.250. The zero-order valence-corrected chi connectivity index (χ0v) is 17.8. The van der Waals surface area contributed by atoms with Gasteiger partial charge in [0.05, 0.1) is 6.04 Å².